The fraction of sp³-hybridized carbons (Fsp3) is 0.0909. The van der Waals surface area contributed by atoms with Crippen LogP contribution < -0.4 is 5.73 Å². The van der Waals surface area contributed by atoms with Crippen LogP contribution >= 0.6 is 0 Å². The van der Waals surface area contributed by atoms with Gasteiger partial charge in [-0.15, -0.1) is 0 Å². The minimum absolute atomic E-state index is 0.0399. The maximum Gasteiger partial charge on any atom is 0.345 e. The van der Waals surface area contributed by atoms with Crippen LogP contribution in [-0.4, -0.2) is 11.1 Å². The van der Waals surface area contributed by atoms with Crippen molar-refractivity contribution in [2.75, 3.05) is 5.73 Å². The molecule has 2 rings (SSSR count). The second-order valence-electron chi connectivity index (χ2n) is 3.18. The van der Waals surface area contributed by atoms with Gasteiger partial charge in [0.1, 0.15) is 18.4 Å². The van der Waals surface area contributed by atoms with E-state index in [4.69, 9.17) is 10.5 Å². The Kier molecular flexibility index (Phi) is 2.86. The molecule has 2 N–H and O–H groups in total. The number of nitrogens with two attached hydrogens (primary N) is 1. The second kappa shape index (κ2) is 4.48. The first kappa shape index (κ1) is 10.2. The lowest BCUT2D eigenvalue weighted by Gasteiger charge is -2.02. The van der Waals surface area contributed by atoms with E-state index in [0.29, 0.717) is 0 Å². The van der Waals surface area contributed by atoms with Crippen molar-refractivity contribution in [3.8, 4) is 0 Å². The van der Waals surface area contributed by atoms with Crippen LogP contribution in [0.15, 0.2) is 41.1 Å². The lowest BCUT2D eigenvalue weighted by atomic mass is 10.2. The van der Waals surface area contributed by atoms with Crippen molar-refractivity contribution in [2.45, 2.75) is 6.61 Å². The van der Waals surface area contributed by atoms with Gasteiger partial charge >= 0.3 is 5.97 Å². The Morgan fingerprint density at radius 2 is 2.12 bits per heavy atom. The molecule has 0 aliphatic rings. The number of carbonyl (C=O) groups excluding carboxylic acids is 1. The number of carbonyl (C=O) groups is 1. The molecule has 0 saturated heterocycles. The third-order valence-corrected chi connectivity index (χ3v) is 2.03. The first-order chi connectivity index (χ1) is 7.77. The van der Waals surface area contributed by atoms with Gasteiger partial charge in [-0.25, -0.2) is 4.79 Å². The van der Waals surface area contributed by atoms with E-state index in [2.05, 4.69) is 9.68 Å². The molecule has 0 aliphatic heterocycles. The van der Waals surface area contributed by atoms with Gasteiger partial charge in [-0.3, -0.25) is 0 Å². The van der Waals surface area contributed by atoms with Gasteiger partial charge in [0.25, 0.3) is 0 Å². The van der Waals surface area contributed by atoms with Crippen LogP contribution in [0, 0.1) is 0 Å². The molecule has 0 aliphatic carbocycles. The number of hydrogen-bond donors (Lipinski definition) is 1. The normalized spacial score (nSPS) is 10.0. The molecular formula is C11H10N2O3. The molecule has 5 nitrogen and oxygen atoms in total. The summed E-state index contributed by atoms with van der Waals surface area (Å²) >= 11 is 0. The maximum atomic E-state index is 11.5. The summed E-state index contributed by atoms with van der Waals surface area (Å²) in [6.07, 6.45) is 1.17. The van der Waals surface area contributed by atoms with Crippen LogP contribution in [-0.2, 0) is 11.3 Å². The van der Waals surface area contributed by atoms with E-state index in [0.717, 1.165) is 5.56 Å². The first-order valence-electron chi connectivity index (χ1n) is 4.68. The number of aromatic nitrogens is 1. The highest BCUT2D eigenvalue weighted by Gasteiger charge is 2.14. The number of ether oxygens (including phenoxy) is 1. The molecule has 0 fully saturated rings. The van der Waals surface area contributed by atoms with Crippen molar-refractivity contribution in [1.29, 1.82) is 0 Å². The van der Waals surface area contributed by atoms with E-state index >= 15 is 0 Å². The second-order valence-corrected chi connectivity index (χ2v) is 3.18. The average molecular weight is 218 g/mol. The molecule has 1 aromatic carbocycles. The number of nitrogen functional groups attached to an aromatic ring is 1. The Balaban J connectivity index is 1.97. The zero-order valence-electron chi connectivity index (χ0n) is 8.42. The summed E-state index contributed by atoms with van der Waals surface area (Å²) in [6.45, 7) is 0.199. The third kappa shape index (κ3) is 2.20. The first-order valence-corrected chi connectivity index (χ1v) is 4.68. The molecule has 0 atom stereocenters. The van der Waals surface area contributed by atoms with Gasteiger partial charge in [-0.2, -0.15) is 0 Å². The van der Waals surface area contributed by atoms with Crippen molar-refractivity contribution >= 4 is 11.8 Å². The Hall–Kier alpha value is -2.30. The molecule has 1 heterocycles. The lowest BCUT2D eigenvalue weighted by Crippen LogP contribution is -2.06. The van der Waals surface area contributed by atoms with Gasteiger partial charge in [-0.1, -0.05) is 35.5 Å². The van der Waals surface area contributed by atoms with Gasteiger partial charge in [0.15, 0.2) is 5.82 Å². The number of esters is 1. The van der Waals surface area contributed by atoms with E-state index in [1.54, 1.807) is 0 Å². The topological polar surface area (TPSA) is 78.4 Å². The molecule has 2 aromatic rings. The molecule has 0 bridgehead atoms. The number of anilines is 1. The summed E-state index contributed by atoms with van der Waals surface area (Å²) in [5, 5.41) is 3.39. The zero-order valence-corrected chi connectivity index (χ0v) is 8.42. The van der Waals surface area contributed by atoms with Crippen molar-refractivity contribution in [3.05, 3.63) is 47.7 Å². The largest absolute Gasteiger partial charge is 0.457 e. The highest BCUT2D eigenvalue weighted by Crippen LogP contribution is 2.11. The SMILES string of the molecule is Nc1nocc1C(=O)OCc1ccccc1. The van der Waals surface area contributed by atoms with E-state index in [1.165, 1.54) is 6.26 Å². The fourth-order valence-corrected chi connectivity index (χ4v) is 1.20. The summed E-state index contributed by atoms with van der Waals surface area (Å²) in [4.78, 5) is 11.5. The van der Waals surface area contributed by atoms with E-state index in [9.17, 15) is 4.79 Å². The van der Waals surface area contributed by atoms with Crippen LogP contribution in [0.25, 0.3) is 0 Å². The molecule has 5 heteroatoms. The number of benzene rings is 1. The van der Waals surface area contributed by atoms with Gasteiger partial charge < -0.3 is 15.0 Å². The molecule has 0 spiro atoms. The predicted molar refractivity (Wildman–Crippen MR) is 56.5 cm³/mol. The quantitative estimate of drug-likeness (QED) is 0.792. The number of rotatable bonds is 3. The molecule has 0 amide bonds. The van der Waals surface area contributed by atoms with Crippen molar-refractivity contribution in [3.63, 3.8) is 0 Å². The van der Waals surface area contributed by atoms with Crippen molar-refractivity contribution in [1.82, 2.24) is 5.16 Å². The monoisotopic (exact) mass is 218 g/mol. The molecule has 0 saturated carbocycles. The van der Waals surface area contributed by atoms with E-state index in [-0.39, 0.29) is 18.0 Å². The van der Waals surface area contributed by atoms with Gasteiger partial charge in [0.05, 0.1) is 0 Å². The molecule has 0 unspecified atom stereocenters. The third-order valence-electron chi connectivity index (χ3n) is 2.03. The molecular weight excluding hydrogens is 208 g/mol. The number of hydrogen-bond acceptors (Lipinski definition) is 5. The van der Waals surface area contributed by atoms with Crippen LogP contribution in [0.4, 0.5) is 5.82 Å². The summed E-state index contributed by atoms with van der Waals surface area (Å²) in [5.41, 5.74) is 6.46. The Bertz CT molecular complexity index is 479. The highest BCUT2D eigenvalue weighted by atomic mass is 16.5. The average Bonchev–Trinajstić information content (AvgIpc) is 2.74. The highest BCUT2D eigenvalue weighted by molar-refractivity contribution is 5.93. The van der Waals surface area contributed by atoms with Crippen LogP contribution in [0.2, 0.25) is 0 Å². The zero-order chi connectivity index (χ0) is 11.4. The Labute approximate surface area is 91.8 Å². The maximum absolute atomic E-state index is 11.5. The summed E-state index contributed by atoms with van der Waals surface area (Å²) in [6, 6.07) is 9.37. The van der Waals surface area contributed by atoms with Gasteiger partial charge in [-0.05, 0) is 5.56 Å². The van der Waals surface area contributed by atoms with Gasteiger partial charge in [0.2, 0.25) is 0 Å². The van der Waals surface area contributed by atoms with Crippen molar-refractivity contribution < 1.29 is 14.1 Å². The standard InChI is InChI=1S/C11H10N2O3/c12-10-9(7-16-13-10)11(14)15-6-8-4-2-1-3-5-8/h1-5,7H,6H2,(H2,12,13). The van der Waals surface area contributed by atoms with Crippen LogP contribution in [0.1, 0.15) is 15.9 Å². The summed E-state index contributed by atoms with van der Waals surface area (Å²) in [7, 11) is 0. The van der Waals surface area contributed by atoms with Crippen molar-refractivity contribution in [2.24, 2.45) is 0 Å². The predicted octanol–water partition coefficient (Wildman–Crippen LogP) is 1.61. The number of nitrogens with zero attached hydrogens (tertiary/aromatic N) is 1. The van der Waals surface area contributed by atoms with Gasteiger partial charge in [0, 0.05) is 0 Å². The van der Waals surface area contributed by atoms with Crippen LogP contribution in [0.5, 0.6) is 0 Å². The molecule has 1 aromatic heterocycles. The Morgan fingerprint density at radius 3 is 2.75 bits per heavy atom. The fourth-order valence-electron chi connectivity index (χ4n) is 1.20. The van der Waals surface area contributed by atoms with Crippen LogP contribution in [0.3, 0.4) is 0 Å². The smallest absolute Gasteiger partial charge is 0.345 e. The lowest BCUT2D eigenvalue weighted by molar-refractivity contribution is 0.0473. The molecule has 16 heavy (non-hydrogen) atoms. The minimum atomic E-state index is -0.539. The van der Waals surface area contributed by atoms with E-state index < -0.39 is 5.97 Å². The molecule has 0 radical (unpaired) electrons. The summed E-state index contributed by atoms with van der Waals surface area (Å²) < 4.78 is 9.58. The summed E-state index contributed by atoms with van der Waals surface area (Å²) in [5.74, 6) is -0.499. The Morgan fingerprint density at radius 1 is 1.38 bits per heavy atom. The molecule has 82 valence electrons. The minimum Gasteiger partial charge on any atom is -0.457 e. The van der Waals surface area contributed by atoms with E-state index in [1.807, 2.05) is 30.3 Å².